The Morgan fingerprint density at radius 3 is 2.71 bits per heavy atom. The van der Waals surface area contributed by atoms with Gasteiger partial charge in [-0.3, -0.25) is 0 Å². The number of hydrogen-bond acceptors (Lipinski definition) is 1. The fraction of sp³-hybridized carbons (Fsp3) is 0.800. The predicted octanol–water partition coefficient (Wildman–Crippen LogP) is 1.17. The van der Waals surface area contributed by atoms with E-state index in [9.17, 15) is 0 Å². The zero-order valence-electron chi connectivity index (χ0n) is 4.36. The van der Waals surface area contributed by atoms with Gasteiger partial charge in [0.15, 0.2) is 0 Å². The minimum atomic E-state index is 0.653. The Bertz CT molecular complexity index is 27.3. The van der Waals surface area contributed by atoms with E-state index in [1.807, 2.05) is 6.42 Å². The van der Waals surface area contributed by atoms with Gasteiger partial charge in [0.05, 0.1) is 0 Å². The maximum absolute atomic E-state index is 5.34. The summed E-state index contributed by atoms with van der Waals surface area (Å²) in [5, 5.41) is 0. The molecule has 0 rings (SSSR count). The standard InChI is InChI=1S/C5H11ClN/c6-4-2-1-3-5-7/h2H,1,3-5,7H2. The first-order valence-corrected chi connectivity index (χ1v) is 3.03. The van der Waals surface area contributed by atoms with Crippen molar-refractivity contribution in [2.75, 3.05) is 12.4 Å². The lowest BCUT2D eigenvalue weighted by Crippen LogP contribution is -1.97. The highest BCUT2D eigenvalue weighted by molar-refractivity contribution is 6.18. The van der Waals surface area contributed by atoms with Gasteiger partial charge in [-0.1, -0.05) is 0 Å². The van der Waals surface area contributed by atoms with E-state index in [-0.39, 0.29) is 0 Å². The van der Waals surface area contributed by atoms with Crippen LogP contribution in [-0.4, -0.2) is 12.4 Å². The second kappa shape index (κ2) is 6.25. The molecule has 0 unspecified atom stereocenters. The largest absolute Gasteiger partial charge is 0.330 e. The first-order chi connectivity index (χ1) is 3.41. The molecule has 0 bridgehead atoms. The number of nitrogens with two attached hydrogens (primary N) is 1. The molecule has 0 saturated carbocycles. The van der Waals surface area contributed by atoms with E-state index in [0.29, 0.717) is 5.88 Å². The molecule has 0 amide bonds. The molecule has 2 N–H and O–H groups in total. The molecule has 0 aliphatic heterocycles. The molecule has 0 fully saturated rings. The summed E-state index contributed by atoms with van der Waals surface area (Å²) in [5.74, 6) is 0.653. The van der Waals surface area contributed by atoms with Crippen LogP contribution in [0.15, 0.2) is 0 Å². The normalized spacial score (nSPS) is 9.43. The van der Waals surface area contributed by atoms with Crippen LogP contribution in [0.2, 0.25) is 0 Å². The zero-order valence-corrected chi connectivity index (χ0v) is 5.12. The van der Waals surface area contributed by atoms with Crippen LogP contribution in [0.3, 0.4) is 0 Å². The third kappa shape index (κ3) is 6.25. The van der Waals surface area contributed by atoms with Gasteiger partial charge in [0, 0.05) is 5.88 Å². The maximum Gasteiger partial charge on any atom is 0.0254 e. The van der Waals surface area contributed by atoms with E-state index in [4.69, 9.17) is 17.3 Å². The van der Waals surface area contributed by atoms with E-state index < -0.39 is 0 Å². The quantitative estimate of drug-likeness (QED) is 0.438. The second-order valence-corrected chi connectivity index (χ2v) is 1.68. The minimum Gasteiger partial charge on any atom is -0.330 e. The Kier molecular flexibility index (Phi) is 6.47. The fourth-order valence-electron chi connectivity index (χ4n) is 0.339. The Balaban J connectivity index is 2.45. The maximum atomic E-state index is 5.34. The molecule has 0 atom stereocenters. The molecule has 0 aromatic rings. The van der Waals surface area contributed by atoms with Crippen molar-refractivity contribution in [3.8, 4) is 0 Å². The van der Waals surface area contributed by atoms with Crippen molar-refractivity contribution in [3.63, 3.8) is 0 Å². The summed E-state index contributed by atoms with van der Waals surface area (Å²) in [4.78, 5) is 0. The smallest absolute Gasteiger partial charge is 0.0254 e. The first kappa shape index (κ1) is 7.25. The average Bonchev–Trinajstić information content (AvgIpc) is 1.69. The van der Waals surface area contributed by atoms with Crippen LogP contribution in [0.25, 0.3) is 0 Å². The van der Waals surface area contributed by atoms with E-state index in [1.165, 1.54) is 0 Å². The van der Waals surface area contributed by atoms with Gasteiger partial charge >= 0.3 is 0 Å². The predicted molar refractivity (Wildman–Crippen MR) is 33.3 cm³/mol. The highest BCUT2D eigenvalue weighted by atomic mass is 35.5. The third-order valence-electron chi connectivity index (χ3n) is 0.721. The van der Waals surface area contributed by atoms with Crippen LogP contribution >= 0.6 is 11.6 Å². The first-order valence-electron chi connectivity index (χ1n) is 2.49. The van der Waals surface area contributed by atoms with E-state index >= 15 is 0 Å². The van der Waals surface area contributed by atoms with Gasteiger partial charge in [0.1, 0.15) is 0 Å². The van der Waals surface area contributed by atoms with Gasteiger partial charge in [-0.25, -0.2) is 0 Å². The molecular formula is C5H11ClN. The zero-order chi connectivity index (χ0) is 5.54. The van der Waals surface area contributed by atoms with Crippen molar-refractivity contribution in [2.45, 2.75) is 12.8 Å². The van der Waals surface area contributed by atoms with Gasteiger partial charge in [0.25, 0.3) is 0 Å². The highest BCUT2D eigenvalue weighted by Gasteiger charge is 1.81. The molecule has 0 heterocycles. The average molecular weight is 121 g/mol. The summed E-state index contributed by atoms with van der Waals surface area (Å²) in [6, 6.07) is 0. The molecule has 1 nitrogen and oxygen atoms in total. The summed E-state index contributed by atoms with van der Waals surface area (Å²) in [6.45, 7) is 0.771. The Hall–Kier alpha value is 0.250. The number of unbranched alkanes of at least 4 members (excludes halogenated alkanes) is 2. The van der Waals surface area contributed by atoms with Crippen LogP contribution in [-0.2, 0) is 0 Å². The van der Waals surface area contributed by atoms with Gasteiger partial charge in [-0.05, 0) is 25.8 Å². The highest BCUT2D eigenvalue weighted by Crippen LogP contribution is 1.92. The van der Waals surface area contributed by atoms with Crippen LogP contribution in [0.5, 0.6) is 0 Å². The second-order valence-electron chi connectivity index (χ2n) is 1.37. The number of hydrogen-bond donors (Lipinski definition) is 1. The lowest BCUT2D eigenvalue weighted by molar-refractivity contribution is 0.821. The molecule has 0 aliphatic carbocycles. The third-order valence-corrected chi connectivity index (χ3v) is 0.940. The lowest BCUT2D eigenvalue weighted by atomic mass is 10.3. The van der Waals surface area contributed by atoms with E-state index in [0.717, 1.165) is 19.4 Å². The van der Waals surface area contributed by atoms with Gasteiger partial charge in [-0.2, -0.15) is 0 Å². The van der Waals surface area contributed by atoms with Crippen LogP contribution in [0, 0.1) is 6.42 Å². The van der Waals surface area contributed by atoms with Crippen LogP contribution in [0.4, 0.5) is 0 Å². The topological polar surface area (TPSA) is 26.0 Å². The molecule has 0 aliphatic rings. The van der Waals surface area contributed by atoms with Gasteiger partial charge in [-0.15, -0.1) is 11.6 Å². The minimum absolute atomic E-state index is 0.653. The van der Waals surface area contributed by atoms with Gasteiger partial charge in [0.2, 0.25) is 0 Å². The fourth-order valence-corrected chi connectivity index (χ4v) is 0.494. The summed E-state index contributed by atoms with van der Waals surface area (Å²) in [7, 11) is 0. The van der Waals surface area contributed by atoms with Crippen molar-refractivity contribution in [1.29, 1.82) is 0 Å². The summed E-state index contributed by atoms with van der Waals surface area (Å²) in [6.07, 6.45) is 4.14. The number of halogens is 1. The molecule has 0 aromatic carbocycles. The lowest BCUT2D eigenvalue weighted by Gasteiger charge is -1.89. The summed E-state index contributed by atoms with van der Waals surface area (Å²) in [5.41, 5.74) is 5.21. The van der Waals surface area contributed by atoms with E-state index in [1.54, 1.807) is 0 Å². The van der Waals surface area contributed by atoms with E-state index in [2.05, 4.69) is 0 Å². The van der Waals surface area contributed by atoms with Crippen molar-refractivity contribution in [2.24, 2.45) is 5.73 Å². The number of rotatable bonds is 4. The molecule has 1 radical (unpaired) electrons. The molecule has 7 heavy (non-hydrogen) atoms. The Morgan fingerprint density at radius 1 is 1.57 bits per heavy atom. The SMILES string of the molecule is NCCC[CH]CCl. The summed E-state index contributed by atoms with van der Waals surface area (Å²) >= 11 is 5.34. The van der Waals surface area contributed by atoms with Crippen molar-refractivity contribution < 1.29 is 0 Å². The molecule has 43 valence electrons. The van der Waals surface area contributed by atoms with Crippen LogP contribution in [0.1, 0.15) is 12.8 Å². The Labute approximate surface area is 49.8 Å². The number of alkyl halides is 1. The molecule has 0 saturated heterocycles. The monoisotopic (exact) mass is 120 g/mol. The molecule has 0 spiro atoms. The van der Waals surface area contributed by atoms with Crippen molar-refractivity contribution in [3.05, 3.63) is 6.42 Å². The molecule has 2 heteroatoms. The van der Waals surface area contributed by atoms with Crippen molar-refractivity contribution in [1.82, 2.24) is 0 Å². The van der Waals surface area contributed by atoms with Crippen molar-refractivity contribution >= 4 is 11.6 Å². The Morgan fingerprint density at radius 2 is 2.29 bits per heavy atom. The molecular weight excluding hydrogens is 110 g/mol. The summed E-state index contributed by atoms with van der Waals surface area (Å²) < 4.78 is 0. The molecule has 0 aromatic heterocycles. The van der Waals surface area contributed by atoms with Crippen LogP contribution < -0.4 is 5.73 Å². The van der Waals surface area contributed by atoms with Gasteiger partial charge < -0.3 is 5.73 Å².